The molecule has 4 unspecified atom stereocenters. The highest BCUT2D eigenvalue weighted by molar-refractivity contribution is 5.22. The van der Waals surface area contributed by atoms with E-state index in [-0.39, 0.29) is 0 Å². The van der Waals surface area contributed by atoms with Crippen LogP contribution >= 0.6 is 0 Å². The van der Waals surface area contributed by atoms with E-state index in [0.717, 1.165) is 24.7 Å². The summed E-state index contributed by atoms with van der Waals surface area (Å²) in [5, 5.41) is 10.6. The number of aliphatic hydroxyl groups is 1. The Balaban J connectivity index is 1.98. The molecule has 3 aliphatic rings. The summed E-state index contributed by atoms with van der Waals surface area (Å²) < 4.78 is 0. The van der Waals surface area contributed by atoms with Crippen LogP contribution in [0.25, 0.3) is 0 Å². The lowest BCUT2D eigenvalue weighted by Gasteiger charge is -2.31. The SMILES string of the molecule is C=C1CCC2C([C@H]3C1CCC3(C)O)C2(C)C. The molecule has 0 spiro atoms. The predicted octanol–water partition coefficient (Wildman–Crippen LogP) is 3.39. The van der Waals surface area contributed by atoms with Crippen LogP contribution < -0.4 is 0 Å². The lowest BCUT2D eigenvalue weighted by atomic mass is 9.78. The van der Waals surface area contributed by atoms with Gasteiger partial charge in [-0.3, -0.25) is 0 Å². The molecule has 1 nitrogen and oxygen atoms in total. The van der Waals surface area contributed by atoms with E-state index < -0.39 is 5.60 Å². The number of fused-ring (bicyclic) bond motifs is 3. The van der Waals surface area contributed by atoms with Crippen LogP contribution in [-0.4, -0.2) is 10.7 Å². The summed E-state index contributed by atoms with van der Waals surface area (Å²) in [6, 6.07) is 0. The van der Waals surface area contributed by atoms with Crippen molar-refractivity contribution in [3.8, 4) is 0 Å². The number of allylic oxidation sites excluding steroid dienone is 1. The molecule has 0 heterocycles. The van der Waals surface area contributed by atoms with Gasteiger partial charge in [0, 0.05) is 0 Å². The van der Waals surface area contributed by atoms with Gasteiger partial charge in [-0.05, 0) is 61.7 Å². The molecule has 3 aliphatic carbocycles. The van der Waals surface area contributed by atoms with Gasteiger partial charge in [-0.15, -0.1) is 0 Å². The second-order valence-electron chi connectivity index (χ2n) is 7.18. The monoisotopic (exact) mass is 220 g/mol. The van der Waals surface area contributed by atoms with Gasteiger partial charge in [-0.2, -0.15) is 0 Å². The largest absolute Gasteiger partial charge is 0.390 e. The minimum absolute atomic E-state index is 0.436. The first-order valence-corrected chi connectivity index (χ1v) is 6.76. The van der Waals surface area contributed by atoms with Gasteiger partial charge < -0.3 is 5.11 Å². The number of rotatable bonds is 0. The molecule has 0 saturated heterocycles. The minimum Gasteiger partial charge on any atom is -0.390 e. The second-order valence-corrected chi connectivity index (χ2v) is 7.18. The average molecular weight is 220 g/mol. The van der Waals surface area contributed by atoms with Crippen molar-refractivity contribution < 1.29 is 5.11 Å². The van der Waals surface area contributed by atoms with Gasteiger partial charge in [0.15, 0.2) is 0 Å². The molecular weight excluding hydrogens is 196 g/mol. The van der Waals surface area contributed by atoms with Crippen LogP contribution in [0.5, 0.6) is 0 Å². The van der Waals surface area contributed by atoms with Gasteiger partial charge in [0.2, 0.25) is 0 Å². The van der Waals surface area contributed by atoms with Gasteiger partial charge in [0.25, 0.3) is 0 Å². The van der Waals surface area contributed by atoms with E-state index in [4.69, 9.17) is 0 Å². The molecule has 3 saturated carbocycles. The summed E-state index contributed by atoms with van der Waals surface area (Å²) in [6.45, 7) is 11.1. The highest BCUT2D eigenvalue weighted by Gasteiger charge is 2.67. The first kappa shape index (κ1) is 10.8. The maximum atomic E-state index is 10.6. The number of hydrogen-bond acceptors (Lipinski definition) is 1. The van der Waals surface area contributed by atoms with E-state index in [1.807, 2.05) is 0 Å². The molecule has 0 amide bonds. The molecule has 0 bridgehead atoms. The van der Waals surface area contributed by atoms with Gasteiger partial charge in [0.05, 0.1) is 5.60 Å². The summed E-state index contributed by atoms with van der Waals surface area (Å²) in [6.07, 6.45) is 4.64. The normalized spacial score (nSPS) is 54.1. The van der Waals surface area contributed by atoms with Crippen molar-refractivity contribution in [2.45, 2.75) is 52.1 Å². The van der Waals surface area contributed by atoms with E-state index >= 15 is 0 Å². The van der Waals surface area contributed by atoms with Crippen molar-refractivity contribution in [2.24, 2.45) is 29.1 Å². The molecule has 0 aromatic rings. The van der Waals surface area contributed by atoms with Gasteiger partial charge >= 0.3 is 0 Å². The Morgan fingerprint density at radius 3 is 2.56 bits per heavy atom. The minimum atomic E-state index is -0.436. The van der Waals surface area contributed by atoms with E-state index in [9.17, 15) is 5.11 Å². The molecule has 0 radical (unpaired) electrons. The lowest BCUT2D eigenvalue weighted by Crippen LogP contribution is -2.34. The molecule has 3 fully saturated rings. The highest BCUT2D eigenvalue weighted by Crippen LogP contribution is 2.71. The van der Waals surface area contributed by atoms with Gasteiger partial charge in [-0.1, -0.05) is 26.0 Å². The van der Waals surface area contributed by atoms with Gasteiger partial charge in [0.1, 0.15) is 0 Å². The van der Waals surface area contributed by atoms with Crippen LogP contribution in [0, 0.1) is 29.1 Å². The van der Waals surface area contributed by atoms with Crippen LogP contribution in [0.15, 0.2) is 12.2 Å². The Morgan fingerprint density at radius 2 is 1.88 bits per heavy atom. The van der Waals surface area contributed by atoms with Crippen molar-refractivity contribution in [2.75, 3.05) is 0 Å². The molecule has 0 aromatic heterocycles. The zero-order valence-electron chi connectivity index (χ0n) is 10.8. The highest BCUT2D eigenvalue weighted by atomic mass is 16.3. The average Bonchev–Trinajstić information content (AvgIpc) is 2.61. The van der Waals surface area contributed by atoms with Crippen LogP contribution in [0.2, 0.25) is 0 Å². The first-order chi connectivity index (χ1) is 7.36. The molecule has 16 heavy (non-hydrogen) atoms. The lowest BCUT2D eigenvalue weighted by molar-refractivity contribution is -0.00137. The molecule has 1 heteroatoms. The smallest absolute Gasteiger partial charge is 0.0656 e. The quantitative estimate of drug-likeness (QED) is 0.620. The third-order valence-electron chi connectivity index (χ3n) is 5.94. The van der Waals surface area contributed by atoms with Crippen molar-refractivity contribution in [3.63, 3.8) is 0 Å². The van der Waals surface area contributed by atoms with Crippen LogP contribution in [-0.2, 0) is 0 Å². The molecular formula is C15H24O. The zero-order chi connectivity index (χ0) is 11.7. The van der Waals surface area contributed by atoms with E-state index in [0.29, 0.717) is 17.3 Å². The summed E-state index contributed by atoms with van der Waals surface area (Å²) in [5.74, 6) is 2.67. The van der Waals surface area contributed by atoms with Crippen molar-refractivity contribution in [1.29, 1.82) is 0 Å². The molecule has 3 rings (SSSR count). The topological polar surface area (TPSA) is 20.2 Å². The zero-order valence-corrected chi connectivity index (χ0v) is 10.8. The fraction of sp³-hybridized carbons (Fsp3) is 0.867. The summed E-state index contributed by atoms with van der Waals surface area (Å²) in [7, 11) is 0. The summed E-state index contributed by atoms with van der Waals surface area (Å²) in [5.41, 5.74) is 1.46. The Hall–Kier alpha value is -0.300. The van der Waals surface area contributed by atoms with E-state index in [2.05, 4.69) is 27.4 Å². The Bertz CT molecular complexity index is 339. The van der Waals surface area contributed by atoms with Crippen LogP contribution in [0.3, 0.4) is 0 Å². The molecule has 0 aliphatic heterocycles. The molecule has 1 N–H and O–H groups in total. The van der Waals surface area contributed by atoms with Crippen LogP contribution in [0.4, 0.5) is 0 Å². The third-order valence-corrected chi connectivity index (χ3v) is 5.94. The summed E-state index contributed by atoms with van der Waals surface area (Å²) >= 11 is 0. The van der Waals surface area contributed by atoms with Crippen molar-refractivity contribution in [1.82, 2.24) is 0 Å². The van der Waals surface area contributed by atoms with Crippen LogP contribution in [0.1, 0.15) is 46.5 Å². The van der Waals surface area contributed by atoms with Crippen molar-refractivity contribution in [3.05, 3.63) is 12.2 Å². The molecule has 5 atom stereocenters. The predicted molar refractivity (Wildman–Crippen MR) is 66.0 cm³/mol. The molecule has 0 aromatic carbocycles. The first-order valence-electron chi connectivity index (χ1n) is 6.76. The Labute approximate surface area is 98.9 Å². The maximum absolute atomic E-state index is 10.6. The van der Waals surface area contributed by atoms with E-state index in [1.165, 1.54) is 18.4 Å². The number of hydrogen-bond donors (Lipinski definition) is 1. The van der Waals surface area contributed by atoms with E-state index in [1.54, 1.807) is 0 Å². The van der Waals surface area contributed by atoms with Gasteiger partial charge in [-0.25, -0.2) is 0 Å². The fourth-order valence-corrected chi connectivity index (χ4v) is 4.90. The Morgan fingerprint density at radius 1 is 1.19 bits per heavy atom. The second kappa shape index (κ2) is 2.93. The third kappa shape index (κ3) is 1.21. The summed E-state index contributed by atoms with van der Waals surface area (Å²) in [4.78, 5) is 0. The fourth-order valence-electron chi connectivity index (χ4n) is 4.90. The maximum Gasteiger partial charge on any atom is 0.0656 e. The van der Waals surface area contributed by atoms with Crippen molar-refractivity contribution >= 4 is 0 Å². The standard InChI is InChI=1S/C15H24O/c1-9-5-6-11-13(14(11,2)3)12-10(9)7-8-15(12,4)16/h10-13,16H,1,5-8H2,2-4H3/t10?,11?,12-,13?,15?/m1/s1. The molecule has 90 valence electrons. The Kier molecular flexibility index (Phi) is 1.98.